The summed E-state index contributed by atoms with van der Waals surface area (Å²) in [6, 6.07) is 0. The van der Waals surface area contributed by atoms with Crippen molar-refractivity contribution in [2.24, 2.45) is 0 Å². The first kappa shape index (κ1) is 17.8. The number of rotatable bonds is 4. The Morgan fingerprint density at radius 2 is 2.22 bits per heavy atom. The van der Waals surface area contributed by atoms with E-state index in [9.17, 15) is 4.79 Å². The van der Waals surface area contributed by atoms with Gasteiger partial charge in [-0.1, -0.05) is 13.8 Å². The predicted molar refractivity (Wildman–Crippen MR) is 87.6 cm³/mol. The molecule has 1 aliphatic heterocycles. The molecule has 1 aromatic heterocycles. The average molecular weight is 321 g/mol. The number of carbonyl (C=O) groups is 1. The lowest BCUT2D eigenvalue weighted by molar-refractivity contribution is -0.143. The van der Waals surface area contributed by atoms with Crippen LogP contribution in [0.1, 0.15) is 55.5 Å². The molecule has 0 N–H and O–H groups in total. The van der Waals surface area contributed by atoms with Gasteiger partial charge in [0.1, 0.15) is 5.82 Å². The van der Waals surface area contributed by atoms with Crippen LogP contribution < -0.4 is 0 Å². The summed E-state index contributed by atoms with van der Waals surface area (Å²) in [6.45, 7) is 11.4. The van der Waals surface area contributed by atoms with Gasteiger partial charge in [0.15, 0.2) is 0 Å². The number of aryl methyl sites for hydroxylation is 1. The van der Waals surface area contributed by atoms with E-state index in [0.717, 1.165) is 5.69 Å². The van der Waals surface area contributed by atoms with Gasteiger partial charge in [0, 0.05) is 26.4 Å². The third-order valence-corrected chi connectivity index (χ3v) is 3.84. The number of carbonyl (C=O) groups excluding carboxylic acids is 1. The topological polar surface area (TPSA) is 64.5 Å². The van der Waals surface area contributed by atoms with Crippen molar-refractivity contribution in [2.45, 2.75) is 52.2 Å². The van der Waals surface area contributed by atoms with Gasteiger partial charge in [-0.2, -0.15) is 0 Å². The highest BCUT2D eigenvalue weighted by atomic mass is 16.5. The zero-order valence-corrected chi connectivity index (χ0v) is 14.9. The van der Waals surface area contributed by atoms with Crippen LogP contribution in [0.4, 0.5) is 0 Å². The summed E-state index contributed by atoms with van der Waals surface area (Å²) in [4.78, 5) is 23.5. The monoisotopic (exact) mass is 321 g/mol. The normalized spacial score (nSPS) is 20.8. The fraction of sp³-hybridized carbons (Fsp3) is 0.706. The zero-order chi connectivity index (χ0) is 17.2. The first-order valence-corrected chi connectivity index (χ1v) is 8.03. The first-order valence-electron chi connectivity index (χ1n) is 8.03. The van der Waals surface area contributed by atoms with E-state index in [1.807, 2.05) is 39.5 Å². The molecule has 1 saturated heterocycles. The van der Waals surface area contributed by atoms with Gasteiger partial charge in [0.25, 0.3) is 5.91 Å². The summed E-state index contributed by atoms with van der Waals surface area (Å²) in [7, 11) is 1.64. The second kappa shape index (κ2) is 6.93. The molecule has 0 saturated carbocycles. The van der Waals surface area contributed by atoms with Crippen LogP contribution in [0, 0.1) is 6.92 Å². The molecule has 23 heavy (non-hydrogen) atoms. The fourth-order valence-corrected chi connectivity index (χ4v) is 2.99. The quantitative estimate of drug-likeness (QED) is 0.850. The summed E-state index contributed by atoms with van der Waals surface area (Å²) in [5.41, 5.74) is 0.982. The molecule has 6 nitrogen and oxygen atoms in total. The second-order valence-electron chi connectivity index (χ2n) is 7.01. The molecule has 128 valence electrons. The van der Waals surface area contributed by atoms with Gasteiger partial charge in [-0.05, 0) is 26.7 Å². The summed E-state index contributed by atoms with van der Waals surface area (Å²) in [5, 5.41) is 0. The van der Waals surface area contributed by atoms with Gasteiger partial charge < -0.3 is 14.4 Å². The number of hydrogen-bond acceptors (Lipinski definition) is 5. The summed E-state index contributed by atoms with van der Waals surface area (Å²) >= 11 is 0. The molecule has 1 aromatic rings. The molecular weight excluding hydrogens is 294 g/mol. The Morgan fingerprint density at radius 3 is 2.83 bits per heavy atom. The smallest absolute Gasteiger partial charge is 0.257 e. The molecule has 1 aliphatic rings. The van der Waals surface area contributed by atoms with Crippen LogP contribution in [0.5, 0.6) is 0 Å². The molecule has 1 amide bonds. The lowest BCUT2D eigenvalue weighted by atomic mass is 10.0. The van der Waals surface area contributed by atoms with E-state index in [0.29, 0.717) is 31.1 Å². The highest BCUT2D eigenvalue weighted by Gasteiger charge is 2.36. The van der Waals surface area contributed by atoms with Crippen molar-refractivity contribution in [2.75, 3.05) is 26.8 Å². The molecule has 6 heteroatoms. The largest absolute Gasteiger partial charge is 0.382 e. The minimum absolute atomic E-state index is 0.0359. The molecule has 0 unspecified atom stereocenters. The minimum Gasteiger partial charge on any atom is -0.382 e. The van der Waals surface area contributed by atoms with Gasteiger partial charge in [-0.25, -0.2) is 9.97 Å². The molecule has 2 rings (SSSR count). The van der Waals surface area contributed by atoms with Crippen LogP contribution >= 0.6 is 0 Å². The highest BCUT2D eigenvalue weighted by Crippen LogP contribution is 2.25. The van der Waals surface area contributed by atoms with Crippen molar-refractivity contribution in [1.82, 2.24) is 14.9 Å². The SMILES string of the molecule is COC[C@@H]1CN(C(=O)c2cnc(C)nc2C(C)C)CC(C)(C)O1. The van der Waals surface area contributed by atoms with Crippen LogP contribution in [0.25, 0.3) is 0 Å². The number of amides is 1. The standard InChI is InChI=1S/C17H27N3O3/c1-11(2)15-14(7-18-12(3)19-15)16(21)20-8-13(9-22-6)23-17(4,5)10-20/h7,11,13H,8-10H2,1-6H3/t13-/m0/s1. The van der Waals surface area contributed by atoms with E-state index in [-0.39, 0.29) is 17.9 Å². The zero-order valence-electron chi connectivity index (χ0n) is 14.9. The molecule has 1 atom stereocenters. The second-order valence-corrected chi connectivity index (χ2v) is 7.01. The summed E-state index contributed by atoms with van der Waals surface area (Å²) in [6.07, 6.45) is 1.52. The van der Waals surface area contributed by atoms with Crippen molar-refractivity contribution < 1.29 is 14.3 Å². The highest BCUT2D eigenvalue weighted by molar-refractivity contribution is 5.95. The lowest BCUT2D eigenvalue weighted by Crippen LogP contribution is -2.55. The van der Waals surface area contributed by atoms with Crippen LogP contribution in [0.15, 0.2) is 6.20 Å². The Kier molecular flexibility index (Phi) is 5.37. The molecule has 0 spiro atoms. The van der Waals surface area contributed by atoms with Gasteiger partial charge >= 0.3 is 0 Å². The maximum atomic E-state index is 13.0. The van der Waals surface area contributed by atoms with E-state index in [1.54, 1.807) is 13.3 Å². The molecular formula is C17H27N3O3. The van der Waals surface area contributed by atoms with Crippen molar-refractivity contribution in [3.8, 4) is 0 Å². The van der Waals surface area contributed by atoms with Crippen LogP contribution in [0.2, 0.25) is 0 Å². The minimum atomic E-state index is -0.402. The third-order valence-electron chi connectivity index (χ3n) is 3.84. The van der Waals surface area contributed by atoms with Gasteiger partial charge in [-0.15, -0.1) is 0 Å². The molecule has 0 bridgehead atoms. The average Bonchev–Trinajstić information content (AvgIpc) is 2.45. The summed E-state index contributed by atoms with van der Waals surface area (Å²) in [5.74, 6) is 0.815. The molecule has 0 aromatic carbocycles. The molecule has 0 aliphatic carbocycles. The first-order chi connectivity index (χ1) is 10.7. The number of nitrogens with zero attached hydrogens (tertiary/aromatic N) is 3. The number of methoxy groups -OCH3 is 1. The van der Waals surface area contributed by atoms with Crippen molar-refractivity contribution in [3.05, 3.63) is 23.3 Å². The van der Waals surface area contributed by atoms with Crippen molar-refractivity contribution in [3.63, 3.8) is 0 Å². The van der Waals surface area contributed by atoms with E-state index in [1.165, 1.54) is 0 Å². The number of ether oxygens (including phenoxy) is 2. The lowest BCUT2D eigenvalue weighted by Gasteiger charge is -2.42. The Balaban J connectivity index is 2.29. The van der Waals surface area contributed by atoms with Gasteiger partial charge in [0.05, 0.1) is 29.6 Å². The Morgan fingerprint density at radius 1 is 1.52 bits per heavy atom. The van der Waals surface area contributed by atoms with Crippen molar-refractivity contribution >= 4 is 5.91 Å². The third kappa shape index (κ3) is 4.26. The fourth-order valence-electron chi connectivity index (χ4n) is 2.99. The van der Waals surface area contributed by atoms with Crippen LogP contribution in [0.3, 0.4) is 0 Å². The van der Waals surface area contributed by atoms with E-state index in [2.05, 4.69) is 9.97 Å². The molecule has 0 radical (unpaired) electrons. The van der Waals surface area contributed by atoms with Gasteiger partial charge in [0.2, 0.25) is 0 Å². The maximum absolute atomic E-state index is 13.0. The van der Waals surface area contributed by atoms with E-state index >= 15 is 0 Å². The predicted octanol–water partition coefficient (Wildman–Crippen LogP) is 2.17. The van der Waals surface area contributed by atoms with Crippen molar-refractivity contribution in [1.29, 1.82) is 0 Å². The Labute approximate surface area is 138 Å². The summed E-state index contributed by atoms with van der Waals surface area (Å²) < 4.78 is 11.2. The Hall–Kier alpha value is -1.53. The van der Waals surface area contributed by atoms with Crippen LogP contribution in [-0.4, -0.2) is 59.3 Å². The van der Waals surface area contributed by atoms with E-state index < -0.39 is 5.60 Å². The maximum Gasteiger partial charge on any atom is 0.257 e. The Bertz CT molecular complexity index is 572. The number of aromatic nitrogens is 2. The van der Waals surface area contributed by atoms with E-state index in [4.69, 9.17) is 9.47 Å². The van der Waals surface area contributed by atoms with Gasteiger partial charge in [-0.3, -0.25) is 4.79 Å². The van der Waals surface area contributed by atoms with Crippen LogP contribution in [-0.2, 0) is 9.47 Å². The molecule has 1 fully saturated rings. The molecule has 2 heterocycles. The number of morpholine rings is 1. The number of hydrogen-bond donors (Lipinski definition) is 0.